The van der Waals surface area contributed by atoms with Crippen LogP contribution in [-0.4, -0.2) is 40.9 Å². The minimum atomic E-state index is -0.351. The molecule has 2 N–H and O–H groups in total. The number of carbonyl (C=O) groups excluding carboxylic acids is 2. The zero-order chi connectivity index (χ0) is 18.5. The summed E-state index contributed by atoms with van der Waals surface area (Å²) in [5, 5.41) is 5.91. The molecule has 7 nitrogen and oxygen atoms in total. The number of Topliss-reactive ketones (excluding diaryl/α,β-unsaturated/α-hetero) is 1. The Morgan fingerprint density at radius 2 is 2.12 bits per heavy atom. The number of rotatable bonds is 6. The fraction of sp³-hybridized carbons (Fsp3) is 0.368. The molecule has 2 aromatic rings. The fourth-order valence-electron chi connectivity index (χ4n) is 2.79. The van der Waals surface area contributed by atoms with Gasteiger partial charge in [0.1, 0.15) is 5.69 Å². The quantitative estimate of drug-likeness (QED) is 0.775. The van der Waals surface area contributed by atoms with Gasteiger partial charge in [-0.05, 0) is 44.9 Å². The number of hydrogen-bond donors (Lipinski definition) is 2. The second-order valence-corrected chi connectivity index (χ2v) is 6.33. The third-order valence-electron chi connectivity index (χ3n) is 4.13. The first kappa shape index (κ1) is 18.0. The zero-order valence-electron chi connectivity index (χ0n) is 14.9. The van der Waals surface area contributed by atoms with Gasteiger partial charge in [-0.1, -0.05) is 12.1 Å². The lowest BCUT2D eigenvalue weighted by Crippen LogP contribution is -2.21. The number of nitrogens with one attached hydrogen (secondary N) is 2. The molecule has 1 aromatic carbocycles. The fourth-order valence-corrected chi connectivity index (χ4v) is 2.79. The number of amides is 1. The molecule has 1 aliphatic rings. The standard InChI is InChI=1S/C19H22N4O3/c1-12-9-17(23-19(21-12)20-11-16-7-4-8-26-16)18(25)22-15-6-3-5-14(10-15)13(2)24/h3,5-6,9-10,16H,4,7-8,11H2,1-2H3,(H,22,25)(H,20,21,23). The molecule has 1 amide bonds. The predicted molar refractivity (Wildman–Crippen MR) is 98.6 cm³/mol. The van der Waals surface area contributed by atoms with Crippen LogP contribution in [0.25, 0.3) is 0 Å². The minimum absolute atomic E-state index is 0.0559. The average Bonchev–Trinajstić information content (AvgIpc) is 3.13. The minimum Gasteiger partial charge on any atom is -0.376 e. The van der Waals surface area contributed by atoms with E-state index in [1.165, 1.54) is 6.92 Å². The third-order valence-corrected chi connectivity index (χ3v) is 4.13. The van der Waals surface area contributed by atoms with Crippen molar-refractivity contribution in [2.45, 2.75) is 32.8 Å². The SMILES string of the molecule is CC(=O)c1cccc(NC(=O)c2cc(C)nc(NCC3CCCO3)n2)c1. The van der Waals surface area contributed by atoms with Gasteiger partial charge in [0.2, 0.25) is 5.95 Å². The summed E-state index contributed by atoms with van der Waals surface area (Å²) < 4.78 is 5.57. The summed E-state index contributed by atoms with van der Waals surface area (Å²) in [7, 11) is 0. The van der Waals surface area contributed by atoms with Gasteiger partial charge in [-0.25, -0.2) is 9.97 Å². The molecule has 0 bridgehead atoms. The Balaban J connectivity index is 1.70. The highest BCUT2D eigenvalue weighted by Crippen LogP contribution is 2.15. The molecular formula is C19H22N4O3. The first-order valence-electron chi connectivity index (χ1n) is 8.65. The normalized spacial score (nSPS) is 16.3. The van der Waals surface area contributed by atoms with Crippen molar-refractivity contribution in [2.24, 2.45) is 0 Å². The summed E-state index contributed by atoms with van der Waals surface area (Å²) in [6.07, 6.45) is 2.23. The third kappa shape index (κ3) is 4.64. The van der Waals surface area contributed by atoms with Gasteiger partial charge in [-0.15, -0.1) is 0 Å². The van der Waals surface area contributed by atoms with Crippen LogP contribution in [0.5, 0.6) is 0 Å². The molecular weight excluding hydrogens is 332 g/mol. The molecule has 0 spiro atoms. The smallest absolute Gasteiger partial charge is 0.274 e. The number of aryl methyl sites for hydroxylation is 1. The van der Waals surface area contributed by atoms with Crippen molar-refractivity contribution in [3.8, 4) is 0 Å². The summed E-state index contributed by atoms with van der Waals surface area (Å²) in [4.78, 5) is 32.6. The second kappa shape index (κ2) is 8.05. The molecule has 1 unspecified atom stereocenters. The van der Waals surface area contributed by atoms with Gasteiger partial charge in [0.25, 0.3) is 5.91 Å². The summed E-state index contributed by atoms with van der Waals surface area (Å²) in [5.74, 6) is -0.000831. The largest absolute Gasteiger partial charge is 0.376 e. The predicted octanol–water partition coefficient (Wildman–Crippen LogP) is 2.83. The van der Waals surface area contributed by atoms with Crippen LogP contribution in [0.3, 0.4) is 0 Å². The second-order valence-electron chi connectivity index (χ2n) is 6.33. The van der Waals surface area contributed by atoms with Crippen molar-refractivity contribution in [1.82, 2.24) is 9.97 Å². The molecule has 1 fully saturated rings. The van der Waals surface area contributed by atoms with Crippen molar-refractivity contribution in [1.29, 1.82) is 0 Å². The molecule has 26 heavy (non-hydrogen) atoms. The molecule has 1 atom stereocenters. The summed E-state index contributed by atoms with van der Waals surface area (Å²) in [5.41, 5.74) is 2.05. The van der Waals surface area contributed by atoms with Crippen molar-refractivity contribution in [2.75, 3.05) is 23.8 Å². The summed E-state index contributed by atoms with van der Waals surface area (Å²) in [6.45, 7) is 4.70. The van der Waals surface area contributed by atoms with E-state index >= 15 is 0 Å². The van der Waals surface area contributed by atoms with E-state index in [2.05, 4.69) is 20.6 Å². The molecule has 0 saturated carbocycles. The lowest BCUT2D eigenvalue weighted by Gasteiger charge is -2.12. The van der Waals surface area contributed by atoms with Crippen molar-refractivity contribution < 1.29 is 14.3 Å². The van der Waals surface area contributed by atoms with Crippen molar-refractivity contribution in [3.63, 3.8) is 0 Å². The number of carbonyl (C=O) groups is 2. The number of benzene rings is 1. The highest BCUT2D eigenvalue weighted by molar-refractivity contribution is 6.04. The molecule has 0 aliphatic carbocycles. The maximum atomic E-state index is 12.5. The van der Waals surface area contributed by atoms with Gasteiger partial charge in [-0.3, -0.25) is 9.59 Å². The Bertz CT molecular complexity index is 816. The van der Waals surface area contributed by atoms with Crippen molar-refractivity contribution >= 4 is 23.3 Å². The Morgan fingerprint density at radius 1 is 1.27 bits per heavy atom. The van der Waals surface area contributed by atoms with Crippen LogP contribution < -0.4 is 10.6 Å². The van der Waals surface area contributed by atoms with Crippen LogP contribution in [0.1, 0.15) is 46.3 Å². The number of anilines is 2. The number of ether oxygens (including phenoxy) is 1. The molecule has 136 valence electrons. The van der Waals surface area contributed by atoms with Gasteiger partial charge in [0.15, 0.2) is 5.78 Å². The van der Waals surface area contributed by atoms with Crippen LogP contribution in [0, 0.1) is 6.92 Å². The van der Waals surface area contributed by atoms with E-state index < -0.39 is 0 Å². The van der Waals surface area contributed by atoms with Gasteiger partial charge >= 0.3 is 0 Å². The molecule has 1 aliphatic heterocycles. The Hall–Kier alpha value is -2.80. The number of aromatic nitrogens is 2. The Kier molecular flexibility index (Phi) is 5.58. The zero-order valence-corrected chi connectivity index (χ0v) is 14.9. The first-order valence-corrected chi connectivity index (χ1v) is 8.65. The number of ketones is 1. The van der Waals surface area contributed by atoms with Gasteiger partial charge in [-0.2, -0.15) is 0 Å². The Labute approximate surface area is 152 Å². The summed E-state index contributed by atoms with van der Waals surface area (Å²) >= 11 is 0. The topological polar surface area (TPSA) is 93.2 Å². The van der Waals surface area contributed by atoms with Crippen LogP contribution in [0.4, 0.5) is 11.6 Å². The van der Waals surface area contributed by atoms with Crippen LogP contribution in [0.15, 0.2) is 30.3 Å². The first-order chi connectivity index (χ1) is 12.5. The van der Waals surface area contributed by atoms with E-state index in [-0.39, 0.29) is 23.5 Å². The van der Waals surface area contributed by atoms with Crippen LogP contribution in [-0.2, 0) is 4.74 Å². The average molecular weight is 354 g/mol. The maximum Gasteiger partial charge on any atom is 0.274 e. The van der Waals surface area contributed by atoms with E-state index in [9.17, 15) is 9.59 Å². The molecule has 3 rings (SSSR count). The van der Waals surface area contributed by atoms with Crippen LogP contribution >= 0.6 is 0 Å². The number of hydrogen-bond acceptors (Lipinski definition) is 6. The van der Waals surface area contributed by atoms with E-state index in [4.69, 9.17) is 4.74 Å². The maximum absolute atomic E-state index is 12.5. The molecule has 7 heteroatoms. The highest BCUT2D eigenvalue weighted by atomic mass is 16.5. The molecule has 1 aromatic heterocycles. The van der Waals surface area contributed by atoms with E-state index in [1.54, 1.807) is 30.3 Å². The van der Waals surface area contributed by atoms with Gasteiger partial charge < -0.3 is 15.4 Å². The molecule has 1 saturated heterocycles. The lowest BCUT2D eigenvalue weighted by atomic mass is 10.1. The van der Waals surface area contributed by atoms with E-state index in [0.29, 0.717) is 29.4 Å². The highest BCUT2D eigenvalue weighted by Gasteiger charge is 2.16. The van der Waals surface area contributed by atoms with Gasteiger partial charge in [0, 0.05) is 30.1 Å². The van der Waals surface area contributed by atoms with Crippen molar-refractivity contribution in [3.05, 3.63) is 47.3 Å². The lowest BCUT2D eigenvalue weighted by molar-refractivity contribution is 0.100. The molecule has 2 heterocycles. The number of nitrogens with zero attached hydrogens (tertiary/aromatic N) is 2. The Morgan fingerprint density at radius 3 is 2.85 bits per heavy atom. The van der Waals surface area contributed by atoms with Crippen LogP contribution in [0.2, 0.25) is 0 Å². The van der Waals surface area contributed by atoms with Gasteiger partial charge in [0.05, 0.1) is 6.10 Å². The molecule has 0 radical (unpaired) electrons. The van der Waals surface area contributed by atoms with E-state index in [1.807, 2.05) is 6.92 Å². The summed E-state index contributed by atoms with van der Waals surface area (Å²) in [6, 6.07) is 8.44. The monoisotopic (exact) mass is 354 g/mol. The van der Waals surface area contributed by atoms with E-state index in [0.717, 1.165) is 19.4 Å².